The van der Waals surface area contributed by atoms with E-state index < -0.39 is 10.8 Å². The van der Waals surface area contributed by atoms with Gasteiger partial charge in [0.15, 0.2) is 0 Å². The third kappa shape index (κ3) is 1.47. The number of carboxylic acid groups (broad SMARTS) is 1. The van der Waals surface area contributed by atoms with Crippen molar-refractivity contribution < 1.29 is 9.90 Å². The molecular formula is C7H10Cl2O2. The minimum atomic E-state index is -1.08. The minimum Gasteiger partial charge on any atom is -0.480 e. The molecule has 0 radical (unpaired) electrons. The fraction of sp³-hybridized carbons (Fsp3) is 0.857. The van der Waals surface area contributed by atoms with Crippen molar-refractivity contribution in [1.82, 2.24) is 0 Å². The van der Waals surface area contributed by atoms with Crippen LogP contribution in [0.1, 0.15) is 19.3 Å². The summed E-state index contributed by atoms with van der Waals surface area (Å²) in [5, 5.41) is 8.78. The lowest BCUT2D eigenvalue weighted by atomic mass is 9.97. The zero-order chi connectivity index (χ0) is 8.48. The third-order valence-electron chi connectivity index (χ3n) is 2.28. The highest BCUT2D eigenvalue weighted by Gasteiger charge is 2.47. The van der Waals surface area contributed by atoms with Crippen molar-refractivity contribution in [2.75, 3.05) is 5.88 Å². The van der Waals surface area contributed by atoms with E-state index in [0.29, 0.717) is 12.3 Å². The first-order chi connectivity index (χ1) is 5.11. The van der Waals surface area contributed by atoms with Crippen LogP contribution in [0.25, 0.3) is 0 Å². The smallest absolute Gasteiger partial charge is 0.325 e. The molecule has 0 aromatic heterocycles. The lowest BCUT2D eigenvalue weighted by Gasteiger charge is -2.21. The van der Waals surface area contributed by atoms with Crippen LogP contribution in [0.4, 0.5) is 0 Å². The second-order valence-corrected chi connectivity index (χ2v) is 3.89. The number of aliphatic carboxylic acids is 1. The molecule has 2 atom stereocenters. The highest BCUT2D eigenvalue weighted by atomic mass is 35.5. The molecule has 1 aliphatic rings. The molecule has 0 aromatic rings. The predicted octanol–water partition coefficient (Wildman–Crippen LogP) is 2.09. The summed E-state index contributed by atoms with van der Waals surface area (Å²) in [6.07, 6.45) is 2.24. The molecule has 1 N–H and O–H groups in total. The van der Waals surface area contributed by atoms with Crippen LogP contribution in [0.5, 0.6) is 0 Å². The molecule has 0 aromatic carbocycles. The Labute approximate surface area is 75.5 Å². The van der Waals surface area contributed by atoms with Gasteiger partial charge in [-0.2, -0.15) is 0 Å². The monoisotopic (exact) mass is 196 g/mol. The van der Waals surface area contributed by atoms with Crippen molar-refractivity contribution in [2.24, 2.45) is 5.92 Å². The Hall–Kier alpha value is 0.0500. The number of rotatable bonds is 2. The normalized spacial score (nSPS) is 37.5. The van der Waals surface area contributed by atoms with Gasteiger partial charge in [-0.05, 0) is 12.8 Å². The summed E-state index contributed by atoms with van der Waals surface area (Å²) in [6.45, 7) is 0. The summed E-state index contributed by atoms with van der Waals surface area (Å²) in [4.78, 5) is 9.62. The van der Waals surface area contributed by atoms with Crippen LogP contribution >= 0.6 is 23.2 Å². The van der Waals surface area contributed by atoms with Gasteiger partial charge in [0.1, 0.15) is 4.87 Å². The SMILES string of the molecule is O=C(O)C1(Cl)CCCC1CCl. The van der Waals surface area contributed by atoms with Gasteiger partial charge in [0.05, 0.1) is 0 Å². The van der Waals surface area contributed by atoms with Crippen molar-refractivity contribution >= 4 is 29.2 Å². The molecule has 4 heteroatoms. The Balaban J connectivity index is 2.75. The fourth-order valence-electron chi connectivity index (χ4n) is 1.52. The molecule has 1 fully saturated rings. The van der Waals surface area contributed by atoms with Gasteiger partial charge in [0, 0.05) is 11.8 Å². The maximum atomic E-state index is 10.7. The van der Waals surface area contributed by atoms with Crippen molar-refractivity contribution in [3.05, 3.63) is 0 Å². The Morgan fingerprint density at radius 3 is 2.73 bits per heavy atom. The van der Waals surface area contributed by atoms with E-state index in [9.17, 15) is 4.79 Å². The molecule has 0 spiro atoms. The molecule has 0 amide bonds. The maximum absolute atomic E-state index is 10.7. The van der Waals surface area contributed by atoms with Gasteiger partial charge in [-0.25, -0.2) is 0 Å². The average Bonchev–Trinajstić information content (AvgIpc) is 2.32. The van der Waals surface area contributed by atoms with Crippen molar-refractivity contribution in [3.63, 3.8) is 0 Å². The number of carboxylic acids is 1. The highest BCUT2D eigenvalue weighted by Crippen LogP contribution is 2.41. The molecule has 0 aliphatic heterocycles. The topological polar surface area (TPSA) is 37.3 Å². The standard InChI is InChI=1S/C7H10Cl2O2/c8-4-5-2-1-3-7(5,9)6(10)11/h5H,1-4H2,(H,10,11). The van der Waals surface area contributed by atoms with E-state index >= 15 is 0 Å². The minimum absolute atomic E-state index is 0.0664. The lowest BCUT2D eigenvalue weighted by molar-refractivity contribution is -0.141. The van der Waals surface area contributed by atoms with Crippen LogP contribution in [-0.2, 0) is 4.79 Å². The second-order valence-electron chi connectivity index (χ2n) is 2.91. The first-order valence-corrected chi connectivity index (χ1v) is 4.51. The first-order valence-electron chi connectivity index (χ1n) is 3.59. The van der Waals surface area contributed by atoms with E-state index in [1.54, 1.807) is 0 Å². The van der Waals surface area contributed by atoms with E-state index in [4.69, 9.17) is 28.3 Å². The van der Waals surface area contributed by atoms with Crippen molar-refractivity contribution in [3.8, 4) is 0 Å². The fourth-order valence-corrected chi connectivity index (χ4v) is 2.34. The molecule has 1 rings (SSSR count). The summed E-state index contributed by atoms with van der Waals surface area (Å²) < 4.78 is 0. The zero-order valence-corrected chi connectivity index (χ0v) is 7.53. The molecule has 11 heavy (non-hydrogen) atoms. The molecule has 2 nitrogen and oxygen atoms in total. The number of halogens is 2. The Bertz CT molecular complexity index is 172. The van der Waals surface area contributed by atoms with Gasteiger partial charge < -0.3 is 5.11 Å². The van der Waals surface area contributed by atoms with Crippen LogP contribution < -0.4 is 0 Å². The molecule has 0 saturated heterocycles. The molecule has 0 bridgehead atoms. The van der Waals surface area contributed by atoms with Gasteiger partial charge in [-0.15, -0.1) is 23.2 Å². The zero-order valence-electron chi connectivity index (χ0n) is 6.02. The molecule has 0 heterocycles. The van der Waals surface area contributed by atoms with Gasteiger partial charge in [-0.1, -0.05) is 6.42 Å². The molecular weight excluding hydrogens is 187 g/mol. The highest BCUT2D eigenvalue weighted by molar-refractivity contribution is 6.34. The van der Waals surface area contributed by atoms with Crippen LogP contribution in [0.2, 0.25) is 0 Å². The Morgan fingerprint density at radius 2 is 2.36 bits per heavy atom. The van der Waals surface area contributed by atoms with Crippen molar-refractivity contribution in [1.29, 1.82) is 0 Å². The summed E-state index contributed by atoms with van der Waals surface area (Å²) in [7, 11) is 0. The number of alkyl halides is 2. The van der Waals surface area contributed by atoms with Gasteiger partial charge >= 0.3 is 5.97 Å². The maximum Gasteiger partial charge on any atom is 0.325 e. The Kier molecular flexibility index (Phi) is 2.66. The Morgan fingerprint density at radius 1 is 1.73 bits per heavy atom. The van der Waals surface area contributed by atoms with E-state index in [2.05, 4.69) is 0 Å². The molecule has 1 saturated carbocycles. The summed E-state index contributed by atoms with van der Waals surface area (Å²) in [5.74, 6) is -0.652. The molecule has 1 aliphatic carbocycles. The quantitative estimate of drug-likeness (QED) is 0.688. The summed E-state index contributed by atoms with van der Waals surface area (Å²) in [6, 6.07) is 0. The second kappa shape index (κ2) is 3.20. The van der Waals surface area contributed by atoms with E-state index in [1.165, 1.54) is 0 Å². The molecule has 2 unspecified atom stereocenters. The van der Waals surface area contributed by atoms with Crippen LogP contribution in [0.15, 0.2) is 0 Å². The van der Waals surface area contributed by atoms with E-state index in [1.807, 2.05) is 0 Å². The van der Waals surface area contributed by atoms with Crippen LogP contribution in [0, 0.1) is 5.92 Å². The largest absolute Gasteiger partial charge is 0.480 e. The number of hydrogen-bond acceptors (Lipinski definition) is 1. The van der Waals surface area contributed by atoms with Crippen LogP contribution in [-0.4, -0.2) is 21.8 Å². The van der Waals surface area contributed by atoms with Crippen LogP contribution in [0.3, 0.4) is 0 Å². The first kappa shape index (κ1) is 9.14. The molecule has 64 valence electrons. The van der Waals surface area contributed by atoms with E-state index in [-0.39, 0.29) is 5.92 Å². The lowest BCUT2D eigenvalue weighted by Crippen LogP contribution is -2.37. The summed E-state index contributed by atoms with van der Waals surface area (Å²) in [5.41, 5.74) is 0. The summed E-state index contributed by atoms with van der Waals surface area (Å²) >= 11 is 11.5. The number of carbonyl (C=O) groups is 1. The average molecular weight is 197 g/mol. The van der Waals surface area contributed by atoms with E-state index in [0.717, 1.165) is 12.8 Å². The predicted molar refractivity (Wildman–Crippen MR) is 44.3 cm³/mol. The third-order valence-corrected chi connectivity index (χ3v) is 3.31. The number of hydrogen-bond donors (Lipinski definition) is 1. The van der Waals surface area contributed by atoms with Gasteiger partial charge in [-0.3, -0.25) is 4.79 Å². The van der Waals surface area contributed by atoms with Crippen molar-refractivity contribution in [2.45, 2.75) is 24.1 Å². The van der Waals surface area contributed by atoms with Gasteiger partial charge in [0.25, 0.3) is 0 Å². The van der Waals surface area contributed by atoms with Gasteiger partial charge in [0.2, 0.25) is 0 Å².